The highest BCUT2D eigenvalue weighted by molar-refractivity contribution is 5.85. The smallest absolute Gasteiger partial charge is 0.354 e. The van der Waals surface area contributed by atoms with E-state index in [2.05, 4.69) is 16.4 Å². The molecular formula is C16H16N2O3. The van der Waals surface area contributed by atoms with E-state index in [-0.39, 0.29) is 5.69 Å². The molecule has 0 amide bonds. The van der Waals surface area contributed by atoms with Crippen LogP contribution in [-0.2, 0) is 0 Å². The number of hydrogen-bond acceptors (Lipinski definition) is 4. The second-order valence-corrected chi connectivity index (χ2v) is 4.97. The highest BCUT2D eigenvalue weighted by Gasteiger charge is 2.20. The molecule has 1 unspecified atom stereocenters. The fraction of sp³-hybridized carbons (Fsp3) is 0.250. The van der Waals surface area contributed by atoms with Crippen molar-refractivity contribution in [2.24, 2.45) is 0 Å². The van der Waals surface area contributed by atoms with Crippen molar-refractivity contribution in [2.45, 2.75) is 12.3 Å². The molecule has 1 aromatic heterocycles. The predicted molar refractivity (Wildman–Crippen MR) is 79.0 cm³/mol. The molecule has 5 nitrogen and oxygen atoms in total. The Balaban J connectivity index is 1.71. The van der Waals surface area contributed by atoms with Crippen LogP contribution in [-0.4, -0.2) is 29.2 Å². The van der Waals surface area contributed by atoms with Gasteiger partial charge in [-0.3, -0.25) is 0 Å². The lowest BCUT2D eigenvalue weighted by Crippen LogP contribution is -2.21. The number of benzene rings is 1. The first-order chi connectivity index (χ1) is 10.2. The van der Waals surface area contributed by atoms with E-state index in [4.69, 9.17) is 9.84 Å². The van der Waals surface area contributed by atoms with E-state index < -0.39 is 5.97 Å². The zero-order valence-corrected chi connectivity index (χ0v) is 11.5. The molecule has 108 valence electrons. The van der Waals surface area contributed by atoms with E-state index >= 15 is 0 Å². The third-order valence-corrected chi connectivity index (χ3v) is 3.58. The Morgan fingerprint density at radius 1 is 1.29 bits per heavy atom. The van der Waals surface area contributed by atoms with Gasteiger partial charge in [-0.2, -0.15) is 0 Å². The first-order valence-corrected chi connectivity index (χ1v) is 6.90. The molecule has 0 bridgehead atoms. The van der Waals surface area contributed by atoms with E-state index in [1.807, 2.05) is 18.2 Å². The summed E-state index contributed by atoms with van der Waals surface area (Å²) in [6, 6.07) is 13.0. The second-order valence-electron chi connectivity index (χ2n) is 4.97. The summed E-state index contributed by atoms with van der Waals surface area (Å²) >= 11 is 0. The highest BCUT2D eigenvalue weighted by atomic mass is 16.5. The number of rotatable bonds is 4. The summed E-state index contributed by atoms with van der Waals surface area (Å²) in [6.45, 7) is 1.41. The lowest BCUT2D eigenvalue weighted by atomic mass is 9.93. The lowest BCUT2D eigenvalue weighted by Gasteiger charge is -2.26. The normalized spacial score (nSPS) is 16.7. The minimum atomic E-state index is -1.02. The molecule has 0 radical (unpaired) electrons. The van der Waals surface area contributed by atoms with Crippen LogP contribution in [0.3, 0.4) is 0 Å². The third-order valence-electron chi connectivity index (χ3n) is 3.58. The van der Waals surface area contributed by atoms with E-state index in [0.717, 1.165) is 12.2 Å². The number of hydrogen-bond donors (Lipinski definition) is 2. The molecule has 0 saturated heterocycles. The molecule has 1 aliphatic rings. The number of ether oxygens (including phenoxy) is 1. The molecule has 5 heteroatoms. The van der Waals surface area contributed by atoms with Crippen LogP contribution in [0.5, 0.6) is 5.75 Å². The SMILES string of the molecule is O=C(O)c1cccc(NCC2CCOc3ccccc32)n1. The maximum Gasteiger partial charge on any atom is 0.354 e. The van der Waals surface area contributed by atoms with Crippen molar-refractivity contribution >= 4 is 11.8 Å². The van der Waals surface area contributed by atoms with Gasteiger partial charge in [0.1, 0.15) is 11.6 Å². The molecular weight excluding hydrogens is 268 g/mol. The Bertz CT molecular complexity index is 657. The Morgan fingerprint density at radius 2 is 2.14 bits per heavy atom. The number of nitrogens with zero attached hydrogens (tertiary/aromatic N) is 1. The molecule has 1 aromatic carbocycles. The number of para-hydroxylation sites is 1. The van der Waals surface area contributed by atoms with Crippen molar-refractivity contribution in [3.05, 3.63) is 53.7 Å². The number of carbonyl (C=O) groups is 1. The number of fused-ring (bicyclic) bond motifs is 1. The van der Waals surface area contributed by atoms with Gasteiger partial charge in [-0.05, 0) is 30.2 Å². The summed E-state index contributed by atoms with van der Waals surface area (Å²) in [4.78, 5) is 15.0. The molecule has 0 aliphatic carbocycles. The number of aromatic nitrogens is 1. The molecule has 0 saturated carbocycles. The predicted octanol–water partition coefficient (Wildman–Crippen LogP) is 2.76. The number of nitrogens with one attached hydrogen (secondary N) is 1. The molecule has 2 N–H and O–H groups in total. The molecule has 1 atom stereocenters. The Hall–Kier alpha value is -2.56. The van der Waals surface area contributed by atoms with Gasteiger partial charge >= 0.3 is 5.97 Å². The van der Waals surface area contributed by atoms with Crippen LogP contribution in [0.15, 0.2) is 42.5 Å². The van der Waals surface area contributed by atoms with Crippen LogP contribution in [0.4, 0.5) is 5.82 Å². The zero-order chi connectivity index (χ0) is 14.7. The molecule has 21 heavy (non-hydrogen) atoms. The first-order valence-electron chi connectivity index (χ1n) is 6.90. The second kappa shape index (κ2) is 5.83. The van der Waals surface area contributed by atoms with Crippen LogP contribution in [0.2, 0.25) is 0 Å². The van der Waals surface area contributed by atoms with Gasteiger partial charge in [0.25, 0.3) is 0 Å². The minimum Gasteiger partial charge on any atom is -0.493 e. The fourth-order valence-corrected chi connectivity index (χ4v) is 2.51. The van der Waals surface area contributed by atoms with E-state index in [0.29, 0.717) is 24.9 Å². The summed E-state index contributed by atoms with van der Waals surface area (Å²) in [5, 5.41) is 12.2. The van der Waals surface area contributed by atoms with Gasteiger partial charge in [-0.1, -0.05) is 24.3 Å². The molecule has 3 rings (SSSR count). The number of carboxylic acid groups (broad SMARTS) is 1. The van der Waals surface area contributed by atoms with E-state index in [1.165, 1.54) is 11.6 Å². The van der Waals surface area contributed by atoms with Gasteiger partial charge < -0.3 is 15.2 Å². The lowest BCUT2D eigenvalue weighted by molar-refractivity contribution is 0.0690. The molecule has 2 aromatic rings. The Labute approximate surface area is 122 Å². The summed E-state index contributed by atoms with van der Waals surface area (Å²) in [7, 11) is 0. The Kier molecular flexibility index (Phi) is 3.73. The van der Waals surface area contributed by atoms with Gasteiger partial charge in [0, 0.05) is 12.5 Å². The van der Waals surface area contributed by atoms with Crippen molar-refractivity contribution in [2.75, 3.05) is 18.5 Å². The molecule has 1 aliphatic heterocycles. The van der Waals surface area contributed by atoms with Gasteiger partial charge in [0.15, 0.2) is 5.69 Å². The Morgan fingerprint density at radius 3 is 3.00 bits per heavy atom. The maximum atomic E-state index is 10.9. The van der Waals surface area contributed by atoms with Crippen LogP contribution in [0.25, 0.3) is 0 Å². The summed E-state index contributed by atoms with van der Waals surface area (Å²) in [5.41, 5.74) is 1.23. The number of carboxylic acids is 1. The van der Waals surface area contributed by atoms with Crippen molar-refractivity contribution < 1.29 is 14.6 Å². The van der Waals surface area contributed by atoms with Gasteiger partial charge in [0.05, 0.1) is 6.61 Å². The standard InChI is InChI=1S/C16H16N2O3/c19-16(20)13-5-3-7-15(18-13)17-10-11-8-9-21-14-6-2-1-4-12(11)14/h1-7,11H,8-10H2,(H,17,18)(H,19,20). The van der Waals surface area contributed by atoms with Crippen molar-refractivity contribution in [3.63, 3.8) is 0 Å². The largest absolute Gasteiger partial charge is 0.493 e. The van der Waals surface area contributed by atoms with Gasteiger partial charge in [0.2, 0.25) is 0 Å². The number of pyridine rings is 1. The van der Waals surface area contributed by atoms with Crippen molar-refractivity contribution in [3.8, 4) is 5.75 Å². The highest BCUT2D eigenvalue weighted by Crippen LogP contribution is 2.33. The molecule has 0 fully saturated rings. The van der Waals surface area contributed by atoms with E-state index in [9.17, 15) is 4.79 Å². The van der Waals surface area contributed by atoms with Crippen LogP contribution in [0.1, 0.15) is 28.4 Å². The molecule has 0 spiro atoms. The molecule has 2 heterocycles. The monoisotopic (exact) mass is 284 g/mol. The van der Waals surface area contributed by atoms with E-state index in [1.54, 1.807) is 12.1 Å². The van der Waals surface area contributed by atoms with Crippen molar-refractivity contribution in [1.82, 2.24) is 4.98 Å². The minimum absolute atomic E-state index is 0.0485. The third kappa shape index (κ3) is 2.97. The first kappa shape index (κ1) is 13.4. The summed E-state index contributed by atoms with van der Waals surface area (Å²) in [6.07, 6.45) is 0.933. The van der Waals surface area contributed by atoms with Crippen LogP contribution >= 0.6 is 0 Å². The van der Waals surface area contributed by atoms with Crippen LogP contribution in [0, 0.1) is 0 Å². The van der Waals surface area contributed by atoms with Crippen LogP contribution < -0.4 is 10.1 Å². The number of aromatic carboxylic acids is 1. The van der Waals surface area contributed by atoms with Crippen molar-refractivity contribution in [1.29, 1.82) is 0 Å². The maximum absolute atomic E-state index is 10.9. The van der Waals surface area contributed by atoms with Gasteiger partial charge in [-0.25, -0.2) is 9.78 Å². The quantitative estimate of drug-likeness (QED) is 0.903. The zero-order valence-electron chi connectivity index (χ0n) is 11.5. The fourth-order valence-electron chi connectivity index (χ4n) is 2.51. The average Bonchev–Trinajstić information content (AvgIpc) is 2.53. The summed E-state index contributed by atoms with van der Waals surface area (Å²) < 4.78 is 5.64. The number of anilines is 1. The summed E-state index contributed by atoms with van der Waals surface area (Å²) in [5.74, 6) is 0.835. The topological polar surface area (TPSA) is 71.5 Å². The van der Waals surface area contributed by atoms with Gasteiger partial charge in [-0.15, -0.1) is 0 Å². The average molecular weight is 284 g/mol.